The van der Waals surface area contributed by atoms with Gasteiger partial charge in [-0.2, -0.15) is 0 Å². The Morgan fingerprint density at radius 3 is 2.65 bits per heavy atom. The average molecular weight is 222 g/mol. The topological polar surface area (TPSA) is 26.3 Å². The molecule has 1 rings (SSSR count). The van der Waals surface area contributed by atoms with Crippen LogP contribution in [-0.2, 0) is 16.0 Å². The van der Waals surface area contributed by atoms with E-state index in [2.05, 4.69) is 29.6 Å². The molecule has 0 saturated heterocycles. The molecule has 0 N–H and O–H groups in total. The number of esters is 1. The van der Waals surface area contributed by atoms with E-state index in [1.807, 2.05) is 30.3 Å². The maximum Gasteiger partial charge on any atom is 0.311 e. The average Bonchev–Trinajstić information content (AvgIpc) is 2.35. The Morgan fingerprint density at radius 1 is 1.18 bits per heavy atom. The lowest BCUT2D eigenvalue weighted by atomic mass is 10.2. The van der Waals surface area contributed by atoms with Gasteiger partial charge in [-0.25, -0.2) is 0 Å². The standard InChI is InChI=1S/C15H10O2/c1-2-3-4-5-9-12-17-15(16)13-14-10-7-6-8-11-14/h1,6-8,10-11H,12-13H2. The Labute approximate surface area is 101 Å². The van der Waals surface area contributed by atoms with Crippen LogP contribution in [0.3, 0.4) is 0 Å². The number of ether oxygens (including phenoxy) is 1. The van der Waals surface area contributed by atoms with Crippen LogP contribution >= 0.6 is 0 Å². The largest absolute Gasteiger partial charge is 0.452 e. The van der Waals surface area contributed by atoms with Crippen molar-refractivity contribution in [1.82, 2.24) is 0 Å². The number of hydrogen-bond acceptors (Lipinski definition) is 2. The SMILES string of the molecule is C#CC#CC#CCOC(=O)Cc1ccccc1. The summed E-state index contributed by atoms with van der Waals surface area (Å²) in [5.41, 5.74) is 0.914. The van der Waals surface area contributed by atoms with Gasteiger partial charge in [0.2, 0.25) is 0 Å². The number of hydrogen-bond donors (Lipinski definition) is 0. The highest BCUT2D eigenvalue weighted by atomic mass is 16.5. The molecule has 0 unspecified atom stereocenters. The molecule has 1 aromatic rings. The van der Waals surface area contributed by atoms with Crippen molar-refractivity contribution in [1.29, 1.82) is 0 Å². The number of benzene rings is 1. The summed E-state index contributed by atoms with van der Waals surface area (Å²) in [6.45, 7) is 0.0327. The molecular weight excluding hydrogens is 212 g/mol. The molecule has 0 radical (unpaired) electrons. The summed E-state index contributed by atoms with van der Waals surface area (Å²) in [7, 11) is 0. The van der Waals surface area contributed by atoms with Crippen molar-refractivity contribution in [2.45, 2.75) is 6.42 Å². The second-order valence-corrected chi connectivity index (χ2v) is 3.02. The second kappa shape index (κ2) is 7.63. The summed E-state index contributed by atoms with van der Waals surface area (Å²) in [6, 6.07) is 9.37. The summed E-state index contributed by atoms with van der Waals surface area (Å²) < 4.78 is 4.89. The third kappa shape index (κ3) is 5.73. The first-order valence-corrected chi connectivity index (χ1v) is 4.96. The molecular formula is C15H10O2. The van der Waals surface area contributed by atoms with Gasteiger partial charge in [-0.15, -0.1) is 6.42 Å². The van der Waals surface area contributed by atoms with Crippen LogP contribution in [0.15, 0.2) is 30.3 Å². The van der Waals surface area contributed by atoms with Gasteiger partial charge in [0.25, 0.3) is 0 Å². The first kappa shape index (κ1) is 12.4. The van der Waals surface area contributed by atoms with Gasteiger partial charge in [0.05, 0.1) is 6.42 Å². The van der Waals surface area contributed by atoms with Gasteiger partial charge in [-0.1, -0.05) is 30.3 Å². The summed E-state index contributed by atoms with van der Waals surface area (Å²) in [4.78, 5) is 11.3. The van der Waals surface area contributed by atoms with Crippen LogP contribution in [0, 0.1) is 36.0 Å². The molecule has 0 saturated carbocycles. The second-order valence-electron chi connectivity index (χ2n) is 3.02. The third-order valence-electron chi connectivity index (χ3n) is 1.78. The van der Waals surface area contributed by atoms with E-state index in [9.17, 15) is 4.79 Å². The highest BCUT2D eigenvalue weighted by Gasteiger charge is 2.02. The van der Waals surface area contributed by atoms with Crippen LogP contribution in [0.1, 0.15) is 5.56 Å². The molecule has 0 fully saturated rings. The minimum absolute atomic E-state index is 0.0327. The first-order valence-electron chi connectivity index (χ1n) is 4.96. The molecule has 0 aliphatic heterocycles. The van der Waals surface area contributed by atoms with E-state index in [0.717, 1.165) is 5.56 Å². The highest BCUT2D eigenvalue weighted by molar-refractivity contribution is 5.72. The van der Waals surface area contributed by atoms with E-state index in [1.165, 1.54) is 0 Å². The Hall–Kier alpha value is -2.63. The van der Waals surface area contributed by atoms with Gasteiger partial charge in [0.1, 0.15) is 0 Å². The minimum atomic E-state index is -0.310. The van der Waals surface area contributed by atoms with Gasteiger partial charge in [-0.05, 0) is 35.2 Å². The smallest absolute Gasteiger partial charge is 0.311 e. The molecule has 0 aliphatic rings. The van der Waals surface area contributed by atoms with Crippen LogP contribution < -0.4 is 0 Å². The van der Waals surface area contributed by atoms with E-state index in [0.29, 0.717) is 0 Å². The zero-order valence-corrected chi connectivity index (χ0v) is 9.19. The van der Waals surface area contributed by atoms with Gasteiger partial charge in [0, 0.05) is 0 Å². The van der Waals surface area contributed by atoms with Crippen molar-refractivity contribution < 1.29 is 9.53 Å². The summed E-state index contributed by atoms with van der Waals surface area (Å²) >= 11 is 0. The maximum absolute atomic E-state index is 11.3. The molecule has 0 spiro atoms. The molecule has 0 amide bonds. The van der Waals surface area contributed by atoms with Crippen LogP contribution in [0.2, 0.25) is 0 Å². The van der Waals surface area contributed by atoms with Crippen molar-refractivity contribution >= 4 is 5.97 Å². The predicted molar refractivity (Wildman–Crippen MR) is 65.5 cm³/mol. The summed E-state index contributed by atoms with van der Waals surface area (Å²) in [5.74, 6) is 11.6. The normalized spacial score (nSPS) is 7.71. The van der Waals surface area contributed by atoms with Crippen molar-refractivity contribution in [2.75, 3.05) is 6.61 Å². The highest BCUT2D eigenvalue weighted by Crippen LogP contribution is 2.00. The Morgan fingerprint density at radius 2 is 1.94 bits per heavy atom. The monoisotopic (exact) mass is 222 g/mol. The van der Waals surface area contributed by atoms with E-state index >= 15 is 0 Å². The fourth-order valence-corrected chi connectivity index (χ4v) is 1.08. The van der Waals surface area contributed by atoms with Crippen molar-refractivity contribution in [3.05, 3.63) is 35.9 Å². The Bertz CT molecular complexity index is 528. The van der Waals surface area contributed by atoms with E-state index in [4.69, 9.17) is 11.2 Å². The van der Waals surface area contributed by atoms with Crippen molar-refractivity contribution in [3.63, 3.8) is 0 Å². The summed E-state index contributed by atoms with van der Waals surface area (Å²) in [5, 5.41) is 0. The minimum Gasteiger partial charge on any atom is -0.452 e. The van der Waals surface area contributed by atoms with Crippen molar-refractivity contribution in [2.24, 2.45) is 0 Å². The zero-order chi connectivity index (χ0) is 12.3. The van der Waals surface area contributed by atoms with Gasteiger partial charge < -0.3 is 4.74 Å². The molecule has 17 heavy (non-hydrogen) atoms. The number of carbonyl (C=O) groups is 1. The summed E-state index contributed by atoms with van der Waals surface area (Å²) in [6.07, 6.45) is 5.15. The maximum atomic E-state index is 11.3. The lowest BCUT2D eigenvalue weighted by Crippen LogP contribution is -2.07. The lowest BCUT2D eigenvalue weighted by molar-refractivity contribution is -0.141. The van der Waals surface area contributed by atoms with Gasteiger partial charge >= 0.3 is 5.97 Å². The van der Waals surface area contributed by atoms with Crippen molar-refractivity contribution in [3.8, 4) is 36.0 Å². The molecule has 1 aromatic carbocycles. The number of terminal acetylenes is 1. The Balaban J connectivity index is 2.31. The van der Waals surface area contributed by atoms with E-state index in [-0.39, 0.29) is 19.0 Å². The van der Waals surface area contributed by atoms with Crippen LogP contribution in [0.4, 0.5) is 0 Å². The lowest BCUT2D eigenvalue weighted by Gasteiger charge is -2.00. The number of carbonyl (C=O) groups excluding carboxylic acids is 1. The van der Waals surface area contributed by atoms with Crippen LogP contribution in [0.25, 0.3) is 0 Å². The fraction of sp³-hybridized carbons (Fsp3) is 0.133. The molecule has 0 atom stereocenters. The fourth-order valence-electron chi connectivity index (χ4n) is 1.08. The first-order chi connectivity index (χ1) is 8.33. The van der Waals surface area contributed by atoms with Crippen LogP contribution in [0.5, 0.6) is 0 Å². The molecule has 82 valence electrons. The predicted octanol–water partition coefficient (Wildman–Crippen LogP) is 1.41. The molecule has 0 heterocycles. The van der Waals surface area contributed by atoms with Crippen LogP contribution in [-0.4, -0.2) is 12.6 Å². The van der Waals surface area contributed by atoms with E-state index < -0.39 is 0 Å². The zero-order valence-electron chi connectivity index (χ0n) is 9.19. The Kier molecular flexibility index (Phi) is 5.59. The third-order valence-corrected chi connectivity index (χ3v) is 1.78. The van der Waals surface area contributed by atoms with Gasteiger partial charge in [-0.3, -0.25) is 4.79 Å². The number of rotatable bonds is 3. The molecule has 2 nitrogen and oxygen atoms in total. The van der Waals surface area contributed by atoms with Gasteiger partial charge in [0.15, 0.2) is 6.61 Å². The molecule has 0 bridgehead atoms. The molecule has 2 heteroatoms. The molecule has 0 aliphatic carbocycles. The molecule has 0 aromatic heterocycles. The van der Waals surface area contributed by atoms with E-state index in [1.54, 1.807) is 0 Å². The quantitative estimate of drug-likeness (QED) is 0.571.